The van der Waals surface area contributed by atoms with E-state index in [-0.39, 0.29) is 40.3 Å². The fourth-order valence-electron chi connectivity index (χ4n) is 4.88. The Kier molecular flexibility index (Phi) is 6.95. The van der Waals surface area contributed by atoms with Crippen molar-refractivity contribution in [3.63, 3.8) is 0 Å². The molecule has 0 spiro atoms. The summed E-state index contributed by atoms with van der Waals surface area (Å²) in [6.07, 6.45) is 3.60. The van der Waals surface area contributed by atoms with Crippen molar-refractivity contribution in [2.45, 2.75) is 13.3 Å². The number of oxazole rings is 1. The maximum atomic E-state index is 16.3. The third-order valence-electron chi connectivity index (χ3n) is 7.00. The molecular weight excluding hydrogens is 542 g/mol. The van der Waals surface area contributed by atoms with Crippen molar-refractivity contribution in [3.05, 3.63) is 107 Å². The van der Waals surface area contributed by atoms with Crippen molar-refractivity contribution in [2.75, 3.05) is 13.6 Å². The Morgan fingerprint density at radius 1 is 0.905 bits per heavy atom. The quantitative estimate of drug-likeness (QED) is 0.237. The highest BCUT2D eigenvalue weighted by Crippen LogP contribution is 2.39. The maximum absolute atomic E-state index is 16.3. The van der Waals surface area contributed by atoms with E-state index in [1.165, 1.54) is 31.3 Å². The Labute approximate surface area is 238 Å². The van der Waals surface area contributed by atoms with E-state index in [0.717, 1.165) is 5.56 Å². The van der Waals surface area contributed by atoms with Crippen LogP contribution in [0.3, 0.4) is 0 Å². The second kappa shape index (κ2) is 10.9. The number of furan rings is 1. The van der Waals surface area contributed by atoms with Crippen LogP contribution in [0.4, 0.5) is 8.78 Å². The molecule has 8 nitrogen and oxygen atoms in total. The average molecular weight is 567 g/mol. The molecule has 0 atom stereocenters. The van der Waals surface area contributed by atoms with Gasteiger partial charge >= 0.3 is 0 Å². The van der Waals surface area contributed by atoms with E-state index in [4.69, 9.17) is 8.83 Å². The molecule has 3 aromatic carbocycles. The van der Waals surface area contributed by atoms with Gasteiger partial charge in [-0.05, 0) is 66.6 Å². The zero-order valence-corrected chi connectivity index (χ0v) is 22.6. The van der Waals surface area contributed by atoms with Gasteiger partial charge in [-0.1, -0.05) is 6.07 Å². The molecule has 2 amide bonds. The lowest BCUT2D eigenvalue weighted by molar-refractivity contribution is 0.0949. The standard InChI is InChI=1S/C32H24F2N4O4/c1-17-3-4-19(31(39)37-14-12-26-38-23-16-36-13-11-24(23)41-26)15-22(17)21-9-10-25-27(29(21)34)28(32(40)35-2)30(42-25)18-5-7-20(33)8-6-18/h3-11,13,15-16H,12,14H2,1-2H3,(H,35,40)(H,37,39). The van der Waals surface area contributed by atoms with Crippen molar-refractivity contribution in [2.24, 2.45) is 0 Å². The van der Waals surface area contributed by atoms with Gasteiger partial charge in [0, 0.05) is 49.0 Å². The van der Waals surface area contributed by atoms with Crippen LogP contribution in [0.1, 0.15) is 32.2 Å². The number of pyridine rings is 1. The first-order valence-corrected chi connectivity index (χ1v) is 13.2. The first-order chi connectivity index (χ1) is 20.3. The number of fused-ring (bicyclic) bond motifs is 2. The number of nitrogens with zero attached hydrogens (tertiary/aromatic N) is 2. The van der Waals surface area contributed by atoms with Crippen LogP contribution >= 0.6 is 0 Å². The SMILES string of the molecule is CNC(=O)c1c(-c2ccc(F)cc2)oc2ccc(-c3cc(C(=O)NCCc4nc5cnccc5o4)ccc3C)c(F)c12. The van der Waals surface area contributed by atoms with Gasteiger partial charge in [0.2, 0.25) is 0 Å². The monoisotopic (exact) mass is 566 g/mol. The molecule has 10 heteroatoms. The second-order valence-corrected chi connectivity index (χ2v) is 9.68. The lowest BCUT2D eigenvalue weighted by Crippen LogP contribution is -2.25. The Hall–Kier alpha value is -5.38. The van der Waals surface area contributed by atoms with Crippen molar-refractivity contribution in [1.82, 2.24) is 20.6 Å². The lowest BCUT2D eigenvalue weighted by Gasteiger charge is -2.11. The first-order valence-electron chi connectivity index (χ1n) is 13.2. The molecule has 2 N–H and O–H groups in total. The maximum Gasteiger partial charge on any atom is 0.255 e. The smallest absolute Gasteiger partial charge is 0.255 e. The highest BCUT2D eigenvalue weighted by Gasteiger charge is 2.26. The van der Waals surface area contributed by atoms with E-state index in [1.54, 1.807) is 48.8 Å². The van der Waals surface area contributed by atoms with Gasteiger partial charge < -0.3 is 19.5 Å². The molecule has 6 rings (SSSR count). The zero-order valence-electron chi connectivity index (χ0n) is 22.6. The Morgan fingerprint density at radius 3 is 2.48 bits per heavy atom. The predicted molar refractivity (Wildman–Crippen MR) is 153 cm³/mol. The Bertz CT molecular complexity index is 1950. The Morgan fingerprint density at radius 2 is 1.71 bits per heavy atom. The van der Waals surface area contributed by atoms with Crippen molar-refractivity contribution in [1.29, 1.82) is 0 Å². The molecular formula is C32H24F2N4O4. The molecule has 3 aromatic heterocycles. The van der Waals surface area contributed by atoms with E-state index in [2.05, 4.69) is 20.6 Å². The minimum atomic E-state index is -0.672. The third kappa shape index (κ3) is 4.87. The van der Waals surface area contributed by atoms with Gasteiger partial charge in [-0.25, -0.2) is 13.8 Å². The van der Waals surface area contributed by atoms with E-state index >= 15 is 4.39 Å². The largest absolute Gasteiger partial charge is 0.455 e. The number of aromatic nitrogens is 2. The first kappa shape index (κ1) is 26.8. The van der Waals surface area contributed by atoms with Crippen molar-refractivity contribution >= 4 is 33.9 Å². The van der Waals surface area contributed by atoms with Gasteiger partial charge in [-0.3, -0.25) is 14.6 Å². The van der Waals surface area contributed by atoms with Crippen LogP contribution in [0.5, 0.6) is 0 Å². The summed E-state index contributed by atoms with van der Waals surface area (Å²) >= 11 is 0. The topological polar surface area (TPSA) is 110 Å². The zero-order chi connectivity index (χ0) is 29.4. The fourth-order valence-corrected chi connectivity index (χ4v) is 4.88. The number of carbonyl (C=O) groups excluding carboxylic acids is 2. The van der Waals surface area contributed by atoms with Gasteiger partial charge in [0.15, 0.2) is 11.5 Å². The number of hydrogen-bond donors (Lipinski definition) is 2. The normalized spacial score (nSPS) is 11.2. The molecule has 210 valence electrons. The minimum Gasteiger partial charge on any atom is -0.455 e. The highest BCUT2D eigenvalue weighted by molar-refractivity contribution is 6.12. The Balaban J connectivity index is 1.31. The van der Waals surface area contributed by atoms with Crippen molar-refractivity contribution < 1.29 is 27.2 Å². The number of nitrogens with one attached hydrogen (secondary N) is 2. The van der Waals surface area contributed by atoms with Crippen LogP contribution in [0.15, 0.2) is 81.9 Å². The molecule has 0 saturated heterocycles. The molecule has 0 saturated carbocycles. The summed E-state index contributed by atoms with van der Waals surface area (Å²) in [6.45, 7) is 2.08. The van der Waals surface area contributed by atoms with Crippen LogP contribution < -0.4 is 10.6 Å². The molecule has 42 heavy (non-hydrogen) atoms. The summed E-state index contributed by atoms with van der Waals surface area (Å²) in [5.41, 5.74) is 3.61. The van der Waals surface area contributed by atoms with Crippen LogP contribution in [0, 0.1) is 18.6 Å². The van der Waals surface area contributed by atoms with Crippen LogP contribution in [-0.4, -0.2) is 35.4 Å². The predicted octanol–water partition coefficient (Wildman–Crippen LogP) is 6.22. The van der Waals surface area contributed by atoms with Crippen LogP contribution in [0.25, 0.3) is 44.5 Å². The van der Waals surface area contributed by atoms with Gasteiger partial charge in [0.05, 0.1) is 17.1 Å². The molecule has 6 aromatic rings. The number of carbonyl (C=O) groups is 2. The number of amides is 2. The molecule has 3 heterocycles. The van der Waals surface area contributed by atoms with E-state index in [0.29, 0.717) is 40.1 Å². The number of aryl methyl sites for hydroxylation is 1. The number of rotatable bonds is 7. The van der Waals surface area contributed by atoms with E-state index in [1.807, 2.05) is 6.92 Å². The summed E-state index contributed by atoms with van der Waals surface area (Å²) in [6, 6.07) is 15.3. The van der Waals surface area contributed by atoms with Gasteiger partial charge in [-0.15, -0.1) is 0 Å². The highest BCUT2D eigenvalue weighted by atomic mass is 19.1. The molecule has 0 radical (unpaired) electrons. The summed E-state index contributed by atoms with van der Waals surface area (Å²) in [7, 11) is 1.44. The minimum absolute atomic E-state index is 0.0000123. The summed E-state index contributed by atoms with van der Waals surface area (Å²) in [5, 5.41) is 5.38. The molecule has 0 fully saturated rings. The lowest BCUT2D eigenvalue weighted by atomic mass is 9.95. The van der Waals surface area contributed by atoms with Crippen LogP contribution in [0.2, 0.25) is 0 Å². The fraction of sp³-hybridized carbons (Fsp3) is 0.125. The number of benzene rings is 3. The molecule has 0 aliphatic carbocycles. The van der Waals surface area contributed by atoms with Crippen molar-refractivity contribution in [3.8, 4) is 22.5 Å². The molecule has 0 bridgehead atoms. The van der Waals surface area contributed by atoms with E-state index in [9.17, 15) is 14.0 Å². The molecule has 0 unspecified atom stereocenters. The summed E-state index contributed by atoms with van der Waals surface area (Å²) < 4.78 is 41.4. The second-order valence-electron chi connectivity index (χ2n) is 9.68. The summed E-state index contributed by atoms with van der Waals surface area (Å²) in [5.74, 6) is -1.42. The number of hydrogen-bond acceptors (Lipinski definition) is 6. The average Bonchev–Trinajstić information content (AvgIpc) is 3.60. The summed E-state index contributed by atoms with van der Waals surface area (Å²) in [4.78, 5) is 34.3. The van der Waals surface area contributed by atoms with Crippen LogP contribution in [-0.2, 0) is 6.42 Å². The third-order valence-corrected chi connectivity index (χ3v) is 7.00. The van der Waals surface area contributed by atoms with Gasteiger partial charge in [0.25, 0.3) is 11.8 Å². The molecule has 0 aliphatic heterocycles. The van der Waals surface area contributed by atoms with Gasteiger partial charge in [0.1, 0.15) is 28.5 Å². The molecule has 0 aliphatic rings. The van der Waals surface area contributed by atoms with E-state index < -0.39 is 17.5 Å². The van der Waals surface area contributed by atoms with Gasteiger partial charge in [-0.2, -0.15) is 0 Å². The number of halogens is 2.